The van der Waals surface area contributed by atoms with Gasteiger partial charge in [0.15, 0.2) is 5.13 Å². The van der Waals surface area contributed by atoms with Crippen LogP contribution in [0.1, 0.15) is 20.3 Å². The summed E-state index contributed by atoms with van der Waals surface area (Å²) in [4.78, 5) is 21.7. The predicted octanol–water partition coefficient (Wildman–Crippen LogP) is 1.43. The third-order valence-electron chi connectivity index (χ3n) is 4.98. The molecule has 3 rings (SSSR count). The molecular formula is C15H24N4OS. The first kappa shape index (κ1) is 14.8. The lowest BCUT2D eigenvalue weighted by Crippen LogP contribution is -2.55. The number of piperazine rings is 1. The van der Waals surface area contributed by atoms with E-state index in [1.54, 1.807) is 11.3 Å². The Hall–Kier alpha value is -1.14. The minimum absolute atomic E-state index is 0.191. The van der Waals surface area contributed by atoms with Crippen molar-refractivity contribution in [2.75, 3.05) is 44.2 Å². The van der Waals surface area contributed by atoms with Crippen LogP contribution in [-0.2, 0) is 4.79 Å². The van der Waals surface area contributed by atoms with Crippen molar-refractivity contribution < 1.29 is 4.79 Å². The fourth-order valence-corrected chi connectivity index (χ4v) is 4.12. The summed E-state index contributed by atoms with van der Waals surface area (Å²) in [6.07, 6.45) is 2.81. The molecule has 2 saturated heterocycles. The molecule has 0 saturated carbocycles. The van der Waals surface area contributed by atoms with E-state index in [9.17, 15) is 4.79 Å². The highest BCUT2D eigenvalue weighted by Crippen LogP contribution is 2.36. The van der Waals surface area contributed by atoms with Gasteiger partial charge in [0.2, 0.25) is 5.91 Å². The summed E-state index contributed by atoms with van der Waals surface area (Å²) in [5, 5.41) is 6.46. The maximum atomic E-state index is 13.0. The highest BCUT2D eigenvalue weighted by molar-refractivity contribution is 7.13. The predicted molar refractivity (Wildman–Crippen MR) is 85.7 cm³/mol. The molecule has 0 radical (unpaired) electrons. The topological polar surface area (TPSA) is 48.5 Å². The second-order valence-corrected chi connectivity index (χ2v) is 7.20. The smallest absolute Gasteiger partial charge is 0.230 e. The molecule has 1 atom stereocenters. The van der Waals surface area contributed by atoms with E-state index in [-0.39, 0.29) is 5.41 Å². The second-order valence-electron chi connectivity index (χ2n) is 6.33. The van der Waals surface area contributed by atoms with Crippen LogP contribution in [0, 0.1) is 11.3 Å². The zero-order valence-corrected chi connectivity index (χ0v) is 13.7. The molecule has 2 fully saturated rings. The van der Waals surface area contributed by atoms with E-state index < -0.39 is 0 Å². The Kier molecular flexibility index (Phi) is 4.17. The minimum Gasteiger partial charge on any atom is -0.345 e. The third-order valence-corrected chi connectivity index (χ3v) is 5.81. The zero-order chi connectivity index (χ0) is 14.9. The number of anilines is 1. The number of thiazole rings is 1. The van der Waals surface area contributed by atoms with E-state index in [2.05, 4.69) is 33.9 Å². The maximum absolute atomic E-state index is 13.0. The van der Waals surface area contributed by atoms with E-state index in [4.69, 9.17) is 0 Å². The van der Waals surface area contributed by atoms with Crippen LogP contribution in [0.5, 0.6) is 0 Å². The molecule has 2 aliphatic rings. The number of nitrogens with one attached hydrogen (secondary N) is 1. The van der Waals surface area contributed by atoms with Gasteiger partial charge >= 0.3 is 0 Å². The lowest BCUT2D eigenvalue weighted by atomic mass is 9.75. The van der Waals surface area contributed by atoms with Crippen LogP contribution in [-0.4, -0.2) is 55.1 Å². The summed E-state index contributed by atoms with van der Waals surface area (Å²) in [5.41, 5.74) is -0.191. The molecule has 5 nitrogen and oxygen atoms in total. The van der Waals surface area contributed by atoms with E-state index in [0.717, 1.165) is 50.8 Å². The van der Waals surface area contributed by atoms with Gasteiger partial charge in [0.25, 0.3) is 0 Å². The Labute approximate surface area is 130 Å². The number of carbonyl (C=O) groups is 1. The number of amides is 1. The second kappa shape index (κ2) is 5.93. The van der Waals surface area contributed by atoms with Gasteiger partial charge in [-0.1, -0.05) is 13.8 Å². The number of hydrogen-bond donors (Lipinski definition) is 1. The molecule has 116 valence electrons. The third kappa shape index (κ3) is 2.66. The molecule has 2 aliphatic heterocycles. The number of aromatic nitrogens is 1. The highest BCUT2D eigenvalue weighted by atomic mass is 32.1. The van der Waals surface area contributed by atoms with Gasteiger partial charge in [0.1, 0.15) is 0 Å². The number of carbonyl (C=O) groups excluding carboxylic acids is 1. The summed E-state index contributed by atoms with van der Waals surface area (Å²) in [5.74, 6) is 0.735. The summed E-state index contributed by atoms with van der Waals surface area (Å²) in [7, 11) is 0. The van der Waals surface area contributed by atoms with Crippen molar-refractivity contribution in [1.29, 1.82) is 0 Å². The first-order valence-electron chi connectivity index (χ1n) is 7.78. The molecule has 1 amide bonds. The molecule has 3 heterocycles. The monoisotopic (exact) mass is 308 g/mol. The molecule has 0 spiro atoms. The van der Waals surface area contributed by atoms with Crippen molar-refractivity contribution in [3.05, 3.63) is 11.6 Å². The van der Waals surface area contributed by atoms with E-state index in [1.165, 1.54) is 0 Å². The number of rotatable bonds is 3. The minimum atomic E-state index is -0.191. The van der Waals surface area contributed by atoms with Crippen molar-refractivity contribution >= 4 is 22.4 Å². The van der Waals surface area contributed by atoms with Gasteiger partial charge in [-0.05, 0) is 18.9 Å². The molecule has 0 bridgehead atoms. The van der Waals surface area contributed by atoms with Crippen LogP contribution in [0.2, 0.25) is 0 Å². The fraction of sp³-hybridized carbons (Fsp3) is 0.733. The molecule has 21 heavy (non-hydrogen) atoms. The van der Waals surface area contributed by atoms with Gasteiger partial charge in [-0.25, -0.2) is 4.98 Å². The zero-order valence-electron chi connectivity index (χ0n) is 12.8. The summed E-state index contributed by atoms with van der Waals surface area (Å²) < 4.78 is 0. The highest BCUT2D eigenvalue weighted by Gasteiger charge is 2.46. The largest absolute Gasteiger partial charge is 0.345 e. The van der Waals surface area contributed by atoms with Crippen LogP contribution in [0.15, 0.2) is 11.6 Å². The fourth-order valence-electron chi connectivity index (χ4n) is 3.42. The average molecular weight is 308 g/mol. The standard InChI is InChI=1S/C15H24N4OS/c1-12(2)15(3-4-16-11-15)13(20)18-6-8-19(9-7-18)14-17-5-10-21-14/h5,10,12,16H,3-4,6-9,11H2,1-2H3. The molecule has 6 heteroatoms. The van der Waals surface area contributed by atoms with Gasteiger partial charge < -0.3 is 15.1 Å². The quantitative estimate of drug-likeness (QED) is 0.918. The lowest BCUT2D eigenvalue weighted by Gasteiger charge is -2.41. The van der Waals surface area contributed by atoms with Gasteiger partial charge in [-0.15, -0.1) is 11.3 Å². The molecule has 0 aliphatic carbocycles. The van der Waals surface area contributed by atoms with Gasteiger partial charge in [0.05, 0.1) is 5.41 Å². The van der Waals surface area contributed by atoms with Gasteiger partial charge in [-0.3, -0.25) is 4.79 Å². The van der Waals surface area contributed by atoms with Crippen LogP contribution in [0.25, 0.3) is 0 Å². The Morgan fingerprint density at radius 2 is 2.14 bits per heavy atom. The molecule has 1 N–H and O–H groups in total. The molecular weight excluding hydrogens is 284 g/mol. The number of hydrogen-bond acceptors (Lipinski definition) is 5. The van der Waals surface area contributed by atoms with Crippen molar-refractivity contribution in [2.45, 2.75) is 20.3 Å². The molecule has 1 aromatic heterocycles. The van der Waals surface area contributed by atoms with Crippen LogP contribution in [0.4, 0.5) is 5.13 Å². The van der Waals surface area contributed by atoms with Crippen LogP contribution >= 0.6 is 11.3 Å². The Balaban J connectivity index is 1.65. The Bertz CT molecular complexity index is 474. The SMILES string of the molecule is CC(C)C1(C(=O)N2CCN(c3nccs3)CC2)CCNC1. The summed E-state index contributed by atoms with van der Waals surface area (Å²) in [6, 6.07) is 0. The van der Waals surface area contributed by atoms with Gasteiger partial charge in [-0.2, -0.15) is 0 Å². The van der Waals surface area contributed by atoms with E-state index in [1.807, 2.05) is 11.6 Å². The lowest BCUT2D eigenvalue weighted by molar-refractivity contribution is -0.144. The van der Waals surface area contributed by atoms with E-state index in [0.29, 0.717) is 11.8 Å². The number of nitrogens with zero attached hydrogens (tertiary/aromatic N) is 3. The van der Waals surface area contributed by atoms with E-state index >= 15 is 0 Å². The maximum Gasteiger partial charge on any atom is 0.230 e. The first-order chi connectivity index (χ1) is 10.1. The van der Waals surface area contributed by atoms with Crippen LogP contribution in [0.3, 0.4) is 0 Å². The summed E-state index contributed by atoms with van der Waals surface area (Å²) in [6.45, 7) is 9.55. The molecule has 1 aromatic rings. The molecule has 1 unspecified atom stereocenters. The van der Waals surface area contributed by atoms with Crippen molar-refractivity contribution in [2.24, 2.45) is 11.3 Å². The normalized spacial score (nSPS) is 26.6. The van der Waals surface area contributed by atoms with Crippen LogP contribution < -0.4 is 10.2 Å². The van der Waals surface area contributed by atoms with Crippen molar-refractivity contribution in [1.82, 2.24) is 15.2 Å². The van der Waals surface area contributed by atoms with Crippen molar-refractivity contribution in [3.63, 3.8) is 0 Å². The van der Waals surface area contributed by atoms with Gasteiger partial charge in [0, 0.05) is 44.3 Å². The first-order valence-corrected chi connectivity index (χ1v) is 8.66. The summed E-state index contributed by atoms with van der Waals surface area (Å²) >= 11 is 1.67. The van der Waals surface area contributed by atoms with Crippen molar-refractivity contribution in [3.8, 4) is 0 Å². The average Bonchev–Trinajstić information content (AvgIpc) is 3.18. The molecule has 0 aromatic carbocycles. The Morgan fingerprint density at radius 1 is 1.38 bits per heavy atom. The Morgan fingerprint density at radius 3 is 2.67 bits per heavy atom.